The number of likely N-dealkylation sites (tertiary alicyclic amines) is 1. The molecule has 0 saturated carbocycles. The standard InChI is InChI=1S/C14H17BrFN3O2/c1-14(13(21)18-2)3-4-19(7-14)12(20)8-5-11(17)10(16)6-9(8)15/h5-6H,3-4,7,17H2,1-2H3,(H,18,21). The molecule has 0 bridgehead atoms. The summed E-state index contributed by atoms with van der Waals surface area (Å²) in [5.41, 5.74) is 5.15. The van der Waals surface area contributed by atoms with Crippen molar-refractivity contribution < 1.29 is 14.0 Å². The minimum absolute atomic E-state index is 0.0743. The van der Waals surface area contributed by atoms with Crippen LogP contribution in [-0.4, -0.2) is 36.9 Å². The number of carbonyl (C=O) groups is 2. The van der Waals surface area contributed by atoms with Crippen molar-refractivity contribution in [3.63, 3.8) is 0 Å². The van der Waals surface area contributed by atoms with Crippen molar-refractivity contribution >= 4 is 33.4 Å². The largest absolute Gasteiger partial charge is 0.396 e. The van der Waals surface area contributed by atoms with Crippen molar-refractivity contribution in [1.82, 2.24) is 10.2 Å². The van der Waals surface area contributed by atoms with E-state index >= 15 is 0 Å². The van der Waals surface area contributed by atoms with Gasteiger partial charge in [-0.1, -0.05) is 0 Å². The molecule has 1 fully saturated rings. The second kappa shape index (κ2) is 5.63. The maximum absolute atomic E-state index is 13.3. The molecule has 3 N–H and O–H groups in total. The monoisotopic (exact) mass is 357 g/mol. The third-order valence-corrected chi connectivity index (χ3v) is 4.51. The average Bonchev–Trinajstić information content (AvgIpc) is 2.85. The van der Waals surface area contributed by atoms with Crippen LogP contribution in [0.3, 0.4) is 0 Å². The summed E-state index contributed by atoms with van der Waals surface area (Å²) in [6.45, 7) is 2.63. The molecule has 0 spiro atoms. The fourth-order valence-corrected chi connectivity index (χ4v) is 3.01. The van der Waals surface area contributed by atoms with Crippen LogP contribution in [0.25, 0.3) is 0 Å². The Hall–Kier alpha value is -1.63. The van der Waals surface area contributed by atoms with Crippen LogP contribution >= 0.6 is 15.9 Å². The lowest BCUT2D eigenvalue weighted by molar-refractivity contribution is -0.128. The number of hydrogen-bond acceptors (Lipinski definition) is 3. The molecule has 1 saturated heterocycles. The van der Waals surface area contributed by atoms with Gasteiger partial charge >= 0.3 is 0 Å². The number of nitrogens with zero attached hydrogens (tertiary/aromatic N) is 1. The Balaban J connectivity index is 2.23. The first-order valence-electron chi connectivity index (χ1n) is 6.54. The van der Waals surface area contributed by atoms with Gasteiger partial charge < -0.3 is 16.0 Å². The number of hydrogen-bond donors (Lipinski definition) is 2. The number of amides is 2. The van der Waals surface area contributed by atoms with Gasteiger partial charge in [0.1, 0.15) is 5.82 Å². The van der Waals surface area contributed by atoms with E-state index in [0.29, 0.717) is 29.5 Å². The second-order valence-corrected chi connectivity index (χ2v) is 6.32. The smallest absolute Gasteiger partial charge is 0.255 e. The molecule has 1 aliphatic heterocycles. The van der Waals surface area contributed by atoms with Crippen molar-refractivity contribution in [1.29, 1.82) is 0 Å². The SMILES string of the molecule is CNC(=O)C1(C)CCN(C(=O)c2cc(N)c(F)cc2Br)C1. The Morgan fingerprint density at radius 2 is 2.14 bits per heavy atom. The number of halogens is 2. The number of benzene rings is 1. The van der Waals surface area contributed by atoms with E-state index in [1.54, 1.807) is 11.9 Å². The summed E-state index contributed by atoms with van der Waals surface area (Å²) in [7, 11) is 1.58. The molecule has 1 atom stereocenters. The molecule has 1 aliphatic rings. The highest BCUT2D eigenvalue weighted by molar-refractivity contribution is 9.10. The fraction of sp³-hybridized carbons (Fsp3) is 0.429. The lowest BCUT2D eigenvalue weighted by atomic mass is 9.89. The third-order valence-electron chi connectivity index (χ3n) is 3.85. The van der Waals surface area contributed by atoms with Crippen LogP contribution < -0.4 is 11.1 Å². The zero-order valence-corrected chi connectivity index (χ0v) is 13.5. The maximum atomic E-state index is 13.3. The normalized spacial score (nSPS) is 21.4. The fourth-order valence-electron chi connectivity index (χ4n) is 2.52. The molecular weight excluding hydrogens is 341 g/mol. The molecule has 1 aromatic carbocycles. The van der Waals surface area contributed by atoms with Gasteiger partial charge in [-0.05, 0) is 41.4 Å². The van der Waals surface area contributed by atoms with Crippen molar-refractivity contribution in [2.75, 3.05) is 25.9 Å². The van der Waals surface area contributed by atoms with Crippen LogP contribution in [0.15, 0.2) is 16.6 Å². The zero-order valence-electron chi connectivity index (χ0n) is 11.9. The highest BCUT2D eigenvalue weighted by atomic mass is 79.9. The predicted octanol–water partition coefficient (Wildman–Crippen LogP) is 1.77. The molecule has 2 rings (SSSR count). The van der Waals surface area contributed by atoms with Gasteiger partial charge in [-0.3, -0.25) is 9.59 Å². The summed E-state index contributed by atoms with van der Waals surface area (Å²) in [6, 6.07) is 2.49. The Labute approximate surface area is 130 Å². The molecule has 7 heteroatoms. The van der Waals surface area contributed by atoms with Crippen LogP contribution in [-0.2, 0) is 4.79 Å². The number of nitrogen functional groups attached to an aromatic ring is 1. The molecule has 2 amide bonds. The number of nitrogens with two attached hydrogens (primary N) is 1. The first-order valence-corrected chi connectivity index (χ1v) is 7.34. The Morgan fingerprint density at radius 3 is 2.76 bits per heavy atom. The second-order valence-electron chi connectivity index (χ2n) is 5.47. The van der Waals surface area contributed by atoms with E-state index in [-0.39, 0.29) is 17.5 Å². The van der Waals surface area contributed by atoms with Crippen LogP contribution in [0.4, 0.5) is 10.1 Å². The van der Waals surface area contributed by atoms with Gasteiger partial charge in [-0.15, -0.1) is 0 Å². The average molecular weight is 358 g/mol. The first-order chi connectivity index (χ1) is 9.78. The molecule has 1 unspecified atom stereocenters. The summed E-state index contributed by atoms with van der Waals surface area (Å²) in [6.07, 6.45) is 0.590. The lowest BCUT2D eigenvalue weighted by Gasteiger charge is -2.23. The molecule has 21 heavy (non-hydrogen) atoms. The molecule has 0 radical (unpaired) electrons. The highest BCUT2D eigenvalue weighted by Crippen LogP contribution is 2.32. The van der Waals surface area contributed by atoms with E-state index in [0.717, 1.165) is 0 Å². The molecule has 1 aromatic rings. The van der Waals surface area contributed by atoms with E-state index < -0.39 is 11.2 Å². The van der Waals surface area contributed by atoms with E-state index in [2.05, 4.69) is 21.2 Å². The summed E-state index contributed by atoms with van der Waals surface area (Å²) in [4.78, 5) is 26.0. The number of rotatable bonds is 2. The minimum atomic E-state index is -0.595. The third kappa shape index (κ3) is 2.88. The highest BCUT2D eigenvalue weighted by Gasteiger charge is 2.41. The summed E-state index contributed by atoms with van der Waals surface area (Å²) in [5, 5.41) is 2.62. The van der Waals surface area contributed by atoms with Gasteiger partial charge in [-0.25, -0.2) is 4.39 Å². The van der Waals surface area contributed by atoms with Crippen molar-refractivity contribution in [2.24, 2.45) is 5.41 Å². The van der Waals surface area contributed by atoms with Gasteiger partial charge in [0.05, 0.1) is 16.7 Å². The van der Waals surface area contributed by atoms with E-state index in [1.807, 2.05) is 6.92 Å². The number of anilines is 1. The summed E-state index contributed by atoms with van der Waals surface area (Å²) >= 11 is 3.18. The topological polar surface area (TPSA) is 75.4 Å². The summed E-state index contributed by atoms with van der Waals surface area (Å²) < 4.78 is 13.7. The first kappa shape index (κ1) is 15.8. The molecule has 5 nitrogen and oxygen atoms in total. The van der Waals surface area contributed by atoms with Gasteiger partial charge in [0.15, 0.2) is 0 Å². The van der Waals surface area contributed by atoms with Crippen LogP contribution in [0.2, 0.25) is 0 Å². The van der Waals surface area contributed by atoms with E-state index in [9.17, 15) is 14.0 Å². The molecule has 0 aromatic heterocycles. The van der Waals surface area contributed by atoms with Crippen LogP contribution in [0, 0.1) is 11.2 Å². The molecule has 1 heterocycles. The van der Waals surface area contributed by atoms with Crippen molar-refractivity contribution in [3.8, 4) is 0 Å². The zero-order chi connectivity index (χ0) is 15.8. The Bertz CT molecular complexity index is 608. The molecule has 114 valence electrons. The quantitative estimate of drug-likeness (QED) is 0.792. The predicted molar refractivity (Wildman–Crippen MR) is 81.2 cm³/mol. The van der Waals surface area contributed by atoms with E-state index in [4.69, 9.17) is 5.73 Å². The van der Waals surface area contributed by atoms with Crippen LogP contribution in [0.5, 0.6) is 0 Å². The number of nitrogens with one attached hydrogen (secondary N) is 1. The Kier molecular flexibility index (Phi) is 4.22. The van der Waals surface area contributed by atoms with Gasteiger partial charge in [0.2, 0.25) is 5.91 Å². The van der Waals surface area contributed by atoms with Gasteiger partial charge in [0, 0.05) is 24.6 Å². The van der Waals surface area contributed by atoms with Crippen molar-refractivity contribution in [2.45, 2.75) is 13.3 Å². The van der Waals surface area contributed by atoms with E-state index in [1.165, 1.54) is 12.1 Å². The maximum Gasteiger partial charge on any atom is 0.255 e. The Morgan fingerprint density at radius 1 is 1.48 bits per heavy atom. The molecular formula is C14H17BrFN3O2. The molecule has 0 aliphatic carbocycles. The van der Waals surface area contributed by atoms with Crippen molar-refractivity contribution in [3.05, 3.63) is 28.0 Å². The van der Waals surface area contributed by atoms with Gasteiger partial charge in [-0.2, -0.15) is 0 Å². The lowest BCUT2D eigenvalue weighted by Crippen LogP contribution is -2.40. The van der Waals surface area contributed by atoms with Gasteiger partial charge in [0.25, 0.3) is 5.91 Å². The summed E-state index contributed by atoms with van der Waals surface area (Å²) in [5.74, 6) is -0.924. The van der Waals surface area contributed by atoms with Crippen LogP contribution in [0.1, 0.15) is 23.7 Å². The minimum Gasteiger partial charge on any atom is -0.396 e. The number of carbonyl (C=O) groups excluding carboxylic acids is 2.